The van der Waals surface area contributed by atoms with Crippen molar-refractivity contribution >= 4 is 11.6 Å². The second-order valence-electron chi connectivity index (χ2n) is 4.89. The first-order chi connectivity index (χ1) is 8.90. The van der Waals surface area contributed by atoms with Crippen molar-refractivity contribution in [2.45, 2.75) is 26.9 Å². The average Bonchev–Trinajstić information content (AvgIpc) is 2.36. The summed E-state index contributed by atoms with van der Waals surface area (Å²) in [5, 5.41) is 10.7. The summed E-state index contributed by atoms with van der Waals surface area (Å²) < 4.78 is 13.4. The molecule has 3 heteroatoms. The van der Waals surface area contributed by atoms with Crippen molar-refractivity contribution in [2.75, 3.05) is 0 Å². The number of aryl methyl sites for hydroxylation is 3. The van der Waals surface area contributed by atoms with Crippen LogP contribution in [0.3, 0.4) is 0 Å². The smallest absolute Gasteiger partial charge is 0.127 e. The molecule has 0 aliphatic heterocycles. The lowest BCUT2D eigenvalue weighted by atomic mass is 9.95. The Morgan fingerprint density at radius 2 is 1.68 bits per heavy atom. The molecule has 1 N–H and O–H groups in total. The summed E-state index contributed by atoms with van der Waals surface area (Å²) in [5.41, 5.74) is 3.86. The highest BCUT2D eigenvalue weighted by molar-refractivity contribution is 6.31. The Balaban J connectivity index is 2.52. The summed E-state index contributed by atoms with van der Waals surface area (Å²) in [6, 6.07) is 8.72. The van der Waals surface area contributed by atoms with Crippen LogP contribution in [-0.4, -0.2) is 5.11 Å². The molecular formula is C16H16ClFO. The zero-order valence-corrected chi connectivity index (χ0v) is 11.9. The topological polar surface area (TPSA) is 20.2 Å². The van der Waals surface area contributed by atoms with Crippen LogP contribution in [0.1, 0.15) is 33.9 Å². The van der Waals surface area contributed by atoms with Gasteiger partial charge in [-0.1, -0.05) is 35.4 Å². The van der Waals surface area contributed by atoms with Gasteiger partial charge in [0.2, 0.25) is 0 Å². The van der Waals surface area contributed by atoms with E-state index >= 15 is 0 Å². The predicted molar refractivity (Wildman–Crippen MR) is 76.1 cm³/mol. The van der Waals surface area contributed by atoms with Crippen LogP contribution in [0.2, 0.25) is 5.02 Å². The van der Waals surface area contributed by atoms with Gasteiger partial charge in [0.25, 0.3) is 0 Å². The van der Waals surface area contributed by atoms with Gasteiger partial charge >= 0.3 is 0 Å². The highest BCUT2D eigenvalue weighted by Crippen LogP contribution is 2.32. The Kier molecular flexibility index (Phi) is 3.93. The molecule has 0 saturated heterocycles. The van der Waals surface area contributed by atoms with Crippen LogP contribution in [-0.2, 0) is 0 Å². The minimum Gasteiger partial charge on any atom is -0.384 e. The average molecular weight is 279 g/mol. The zero-order valence-electron chi connectivity index (χ0n) is 11.2. The van der Waals surface area contributed by atoms with Gasteiger partial charge in [0.05, 0.1) is 0 Å². The number of aliphatic hydroxyl groups excluding tert-OH is 1. The van der Waals surface area contributed by atoms with Gasteiger partial charge in [0, 0.05) is 10.6 Å². The summed E-state index contributed by atoms with van der Waals surface area (Å²) in [6.45, 7) is 5.56. The first-order valence-electron chi connectivity index (χ1n) is 6.11. The van der Waals surface area contributed by atoms with Crippen molar-refractivity contribution in [1.29, 1.82) is 0 Å². The molecule has 0 bridgehead atoms. The van der Waals surface area contributed by atoms with Crippen LogP contribution in [0.5, 0.6) is 0 Å². The highest BCUT2D eigenvalue weighted by Gasteiger charge is 2.17. The minimum absolute atomic E-state index is 0.247. The standard InChI is InChI=1S/C16H16ClFO/c1-9-4-5-10(2)12(6-9)16(19)13-7-11(3)15(18)8-14(13)17/h4-8,16,19H,1-3H3. The first-order valence-corrected chi connectivity index (χ1v) is 6.48. The van der Waals surface area contributed by atoms with Crippen LogP contribution < -0.4 is 0 Å². The molecule has 2 aromatic rings. The van der Waals surface area contributed by atoms with E-state index in [-0.39, 0.29) is 10.8 Å². The van der Waals surface area contributed by atoms with Crippen molar-refractivity contribution in [3.8, 4) is 0 Å². The van der Waals surface area contributed by atoms with Crippen molar-refractivity contribution in [1.82, 2.24) is 0 Å². The fraction of sp³-hybridized carbons (Fsp3) is 0.250. The molecule has 100 valence electrons. The maximum absolute atomic E-state index is 13.4. The van der Waals surface area contributed by atoms with Gasteiger partial charge in [-0.3, -0.25) is 0 Å². The van der Waals surface area contributed by atoms with Crippen molar-refractivity contribution in [3.63, 3.8) is 0 Å². The van der Waals surface area contributed by atoms with E-state index in [1.54, 1.807) is 13.0 Å². The highest BCUT2D eigenvalue weighted by atomic mass is 35.5. The SMILES string of the molecule is Cc1ccc(C)c(C(O)c2cc(C)c(F)cc2Cl)c1. The second-order valence-corrected chi connectivity index (χ2v) is 5.29. The quantitative estimate of drug-likeness (QED) is 0.858. The molecule has 1 atom stereocenters. The third-order valence-corrected chi connectivity index (χ3v) is 3.63. The van der Waals surface area contributed by atoms with E-state index in [2.05, 4.69) is 0 Å². The lowest BCUT2D eigenvalue weighted by molar-refractivity contribution is 0.219. The maximum atomic E-state index is 13.4. The van der Waals surface area contributed by atoms with Crippen LogP contribution in [0.15, 0.2) is 30.3 Å². The van der Waals surface area contributed by atoms with Gasteiger partial charge in [-0.05, 0) is 49.6 Å². The molecule has 2 rings (SSSR count). The monoisotopic (exact) mass is 278 g/mol. The van der Waals surface area contributed by atoms with E-state index in [1.165, 1.54) is 6.07 Å². The third kappa shape index (κ3) is 2.80. The van der Waals surface area contributed by atoms with E-state index in [1.807, 2.05) is 32.0 Å². The largest absolute Gasteiger partial charge is 0.384 e. The van der Waals surface area contributed by atoms with E-state index in [0.29, 0.717) is 11.1 Å². The molecular weight excluding hydrogens is 263 g/mol. The normalized spacial score (nSPS) is 12.5. The van der Waals surface area contributed by atoms with Gasteiger partial charge in [-0.25, -0.2) is 4.39 Å². The number of halogens is 2. The fourth-order valence-corrected chi connectivity index (χ4v) is 2.36. The van der Waals surface area contributed by atoms with Gasteiger partial charge in [-0.15, -0.1) is 0 Å². The molecule has 0 heterocycles. The molecule has 2 aromatic carbocycles. The number of hydrogen-bond donors (Lipinski definition) is 1. The predicted octanol–water partition coefficient (Wildman–Crippen LogP) is 4.49. The molecule has 0 fully saturated rings. The lowest BCUT2D eigenvalue weighted by Gasteiger charge is -2.17. The Morgan fingerprint density at radius 3 is 2.37 bits per heavy atom. The number of aliphatic hydroxyl groups is 1. The van der Waals surface area contributed by atoms with Gasteiger partial charge in [-0.2, -0.15) is 0 Å². The Hall–Kier alpha value is -1.38. The summed E-state index contributed by atoms with van der Waals surface area (Å²) in [4.78, 5) is 0. The van der Waals surface area contributed by atoms with Crippen LogP contribution in [0, 0.1) is 26.6 Å². The lowest BCUT2D eigenvalue weighted by Crippen LogP contribution is -2.04. The van der Waals surface area contributed by atoms with E-state index in [4.69, 9.17) is 11.6 Å². The van der Waals surface area contributed by atoms with Gasteiger partial charge in [0.15, 0.2) is 0 Å². The summed E-state index contributed by atoms with van der Waals surface area (Å²) >= 11 is 6.04. The van der Waals surface area contributed by atoms with Crippen molar-refractivity contribution in [3.05, 3.63) is 69.0 Å². The molecule has 19 heavy (non-hydrogen) atoms. The molecule has 0 aliphatic rings. The minimum atomic E-state index is -0.841. The van der Waals surface area contributed by atoms with Gasteiger partial charge < -0.3 is 5.11 Å². The molecule has 0 saturated carbocycles. The maximum Gasteiger partial charge on any atom is 0.127 e. The van der Waals surface area contributed by atoms with Crippen molar-refractivity contribution < 1.29 is 9.50 Å². The zero-order chi connectivity index (χ0) is 14.2. The molecule has 0 amide bonds. The molecule has 0 aromatic heterocycles. The summed E-state index contributed by atoms with van der Waals surface area (Å²) in [5.74, 6) is -0.359. The molecule has 1 unspecified atom stereocenters. The van der Waals surface area contributed by atoms with Crippen molar-refractivity contribution in [2.24, 2.45) is 0 Å². The molecule has 0 aliphatic carbocycles. The van der Waals surface area contributed by atoms with E-state index in [0.717, 1.165) is 16.7 Å². The Bertz CT molecular complexity index is 622. The fourth-order valence-electron chi connectivity index (χ4n) is 2.11. The number of hydrogen-bond acceptors (Lipinski definition) is 1. The molecule has 0 radical (unpaired) electrons. The Labute approximate surface area is 117 Å². The second kappa shape index (κ2) is 5.32. The Morgan fingerprint density at radius 1 is 1.00 bits per heavy atom. The van der Waals surface area contributed by atoms with Crippen LogP contribution >= 0.6 is 11.6 Å². The molecule has 1 nitrogen and oxygen atoms in total. The summed E-state index contributed by atoms with van der Waals surface area (Å²) in [7, 11) is 0. The summed E-state index contributed by atoms with van der Waals surface area (Å²) in [6.07, 6.45) is -0.841. The first kappa shape index (κ1) is 14.0. The number of benzene rings is 2. The van der Waals surface area contributed by atoms with E-state index < -0.39 is 6.10 Å². The number of rotatable bonds is 2. The molecule has 0 spiro atoms. The van der Waals surface area contributed by atoms with Crippen LogP contribution in [0.4, 0.5) is 4.39 Å². The third-order valence-electron chi connectivity index (χ3n) is 3.30. The van der Waals surface area contributed by atoms with Crippen LogP contribution in [0.25, 0.3) is 0 Å². The van der Waals surface area contributed by atoms with Gasteiger partial charge in [0.1, 0.15) is 11.9 Å². The van der Waals surface area contributed by atoms with E-state index in [9.17, 15) is 9.50 Å².